The van der Waals surface area contributed by atoms with Gasteiger partial charge in [-0.15, -0.1) is 0 Å². The van der Waals surface area contributed by atoms with Crippen LogP contribution >= 0.6 is 0 Å². The number of rotatable bonds is 6. The maximum Gasteiger partial charge on any atom is 0.346 e. The number of methoxy groups -OCH3 is 1. The van der Waals surface area contributed by atoms with Gasteiger partial charge < -0.3 is 9.47 Å². The summed E-state index contributed by atoms with van der Waals surface area (Å²) in [7, 11) is 1.23. The molecule has 7 heteroatoms. The maximum atomic E-state index is 14.7. The number of benzene rings is 4. The summed E-state index contributed by atoms with van der Waals surface area (Å²) in [6, 6.07) is 17.7. The molecular formula is C28H20F4O3. The van der Waals surface area contributed by atoms with E-state index in [0.29, 0.717) is 11.1 Å². The van der Waals surface area contributed by atoms with Crippen molar-refractivity contribution in [3.8, 4) is 33.8 Å². The number of carbonyl (C=O) groups is 1. The number of carbonyl (C=O) groups excluding carboxylic acids is 1. The van der Waals surface area contributed by atoms with Crippen molar-refractivity contribution in [3.05, 3.63) is 107 Å². The zero-order valence-electron chi connectivity index (χ0n) is 18.9. The van der Waals surface area contributed by atoms with Crippen molar-refractivity contribution in [2.75, 3.05) is 7.11 Å². The minimum Gasteiger partial charge on any atom is -0.494 e. The SMILES string of the molecule is CCc1ccc(-c2ccc(C(=O)Oc3ccc(-c4ccc(OC)c(F)c4F)cc3)c(F)c2F)cc1. The molecule has 0 atom stereocenters. The Labute approximate surface area is 199 Å². The Kier molecular flexibility index (Phi) is 6.87. The fourth-order valence-electron chi connectivity index (χ4n) is 3.63. The van der Waals surface area contributed by atoms with Crippen LogP contribution in [0.3, 0.4) is 0 Å². The van der Waals surface area contributed by atoms with Crippen LogP contribution in [0, 0.1) is 23.3 Å². The molecule has 0 amide bonds. The van der Waals surface area contributed by atoms with Crippen molar-refractivity contribution < 1.29 is 31.8 Å². The van der Waals surface area contributed by atoms with E-state index >= 15 is 0 Å². The average molecular weight is 480 g/mol. The highest BCUT2D eigenvalue weighted by atomic mass is 19.2. The van der Waals surface area contributed by atoms with Gasteiger partial charge in [-0.2, -0.15) is 4.39 Å². The molecule has 0 N–H and O–H groups in total. The Balaban J connectivity index is 1.54. The highest BCUT2D eigenvalue weighted by Gasteiger charge is 2.21. The normalized spacial score (nSPS) is 10.8. The van der Waals surface area contributed by atoms with E-state index in [0.717, 1.165) is 18.1 Å². The molecule has 0 aliphatic heterocycles. The van der Waals surface area contributed by atoms with Gasteiger partial charge in [-0.25, -0.2) is 18.0 Å². The van der Waals surface area contributed by atoms with Crippen molar-refractivity contribution >= 4 is 5.97 Å². The summed E-state index contributed by atoms with van der Waals surface area (Å²) in [4.78, 5) is 12.5. The number of halogens is 4. The molecule has 0 bridgehead atoms. The number of hydrogen-bond donors (Lipinski definition) is 0. The molecule has 35 heavy (non-hydrogen) atoms. The Morgan fingerprint density at radius 2 is 1.23 bits per heavy atom. The van der Waals surface area contributed by atoms with Gasteiger partial charge in [-0.3, -0.25) is 0 Å². The number of esters is 1. The first-order chi connectivity index (χ1) is 16.8. The van der Waals surface area contributed by atoms with Crippen LogP contribution in [0.5, 0.6) is 11.5 Å². The quantitative estimate of drug-likeness (QED) is 0.164. The molecule has 178 valence electrons. The van der Waals surface area contributed by atoms with Crippen LogP contribution in [-0.2, 0) is 6.42 Å². The lowest BCUT2D eigenvalue weighted by Crippen LogP contribution is -2.12. The second-order valence-corrected chi connectivity index (χ2v) is 7.70. The molecule has 4 rings (SSSR count). The molecule has 0 fully saturated rings. The first kappa shape index (κ1) is 24.0. The van der Waals surface area contributed by atoms with Crippen LogP contribution in [0.4, 0.5) is 17.6 Å². The van der Waals surface area contributed by atoms with Gasteiger partial charge in [-0.1, -0.05) is 49.4 Å². The van der Waals surface area contributed by atoms with Gasteiger partial charge in [0, 0.05) is 11.1 Å². The summed E-state index contributed by atoms with van der Waals surface area (Å²) in [5.41, 5.74) is 1.30. The van der Waals surface area contributed by atoms with E-state index in [9.17, 15) is 22.4 Å². The Morgan fingerprint density at radius 3 is 1.80 bits per heavy atom. The van der Waals surface area contributed by atoms with Crippen molar-refractivity contribution in [2.24, 2.45) is 0 Å². The second kappa shape index (κ2) is 10.0. The Hall–Kier alpha value is -4.13. The lowest BCUT2D eigenvalue weighted by atomic mass is 10.0. The van der Waals surface area contributed by atoms with Gasteiger partial charge in [0.2, 0.25) is 5.82 Å². The Morgan fingerprint density at radius 1 is 0.686 bits per heavy atom. The van der Waals surface area contributed by atoms with E-state index in [1.165, 1.54) is 49.6 Å². The van der Waals surface area contributed by atoms with Gasteiger partial charge in [0.15, 0.2) is 23.2 Å². The lowest BCUT2D eigenvalue weighted by Gasteiger charge is -2.11. The third-order valence-electron chi connectivity index (χ3n) is 5.62. The zero-order valence-corrected chi connectivity index (χ0v) is 18.9. The van der Waals surface area contributed by atoms with Gasteiger partial charge >= 0.3 is 5.97 Å². The van der Waals surface area contributed by atoms with Crippen molar-refractivity contribution in [3.63, 3.8) is 0 Å². The largest absolute Gasteiger partial charge is 0.494 e. The van der Waals surface area contributed by atoms with Crippen LogP contribution in [0.25, 0.3) is 22.3 Å². The summed E-state index contributed by atoms with van der Waals surface area (Å²) >= 11 is 0. The molecule has 4 aromatic rings. The molecule has 0 saturated carbocycles. The smallest absolute Gasteiger partial charge is 0.346 e. The van der Waals surface area contributed by atoms with E-state index in [1.807, 2.05) is 19.1 Å². The minimum atomic E-state index is -1.32. The summed E-state index contributed by atoms with van der Waals surface area (Å²) in [6.07, 6.45) is 0.814. The highest BCUT2D eigenvalue weighted by molar-refractivity contribution is 5.92. The maximum absolute atomic E-state index is 14.7. The molecule has 0 unspecified atom stereocenters. The van der Waals surface area contributed by atoms with Gasteiger partial charge in [-0.05, 0) is 53.4 Å². The van der Waals surface area contributed by atoms with Crippen LogP contribution in [0.2, 0.25) is 0 Å². The van der Waals surface area contributed by atoms with E-state index in [-0.39, 0.29) is 22.6 Å². The fraction of sp³-hybridized carbons (Fsp3) is 0.107. The van der Waals surface area contributed by atoms with Crippen molar-refractivity contribution in [1.29, 1.82) is 0 Å². The topological polar surface area (TPSA) is 35.5 Å². The van der Waals surface area contributed by atoms with E-state index in [4.69, 9.17) is 9.47 Å². The third kappa shape index (κ3) is 4.75. The molecule has 0 aliphatic rings. The van der Waals surface area contributed by atoms with Crippen molar-refractivity contribution in [2.45, 2.75) is 13.3 Å². The van der Waals surface area contributed by atoms with E-state index in [1.54, 1.807) is 12.1 Å². The average Bonchev–Trinajstić information content (AvgIpc) is 2.88. The van der Waals surface area contributed by atoms with Crippen LogP contribution in [0.1, 0.15) is 22.8 Å². The van der Waals surface area contributed by atoms with E-state index in [2.05, 4.69) is 0 Å². The van der Waals surface area contributed by atoms with Crippen LogP contribution in [-0.4, -0.2) is 13.1 Å². The molecular weight excluding hydrogens is 460 g/mol. The van der Waals surface area contributed by atoms with Gasteiger partial charge in [0.05, 0.1) is 12.7 Å². The Bertz CT molecular complexity index is 1380. The summed E-state index contributed by atoms with van der Waals surface area (Å²) in [6.45, 7) is 1.99. The number of aryl methyl sites for hydroxylation is 1. The molecule has 3 nitrogen and oxygen atoms in total. The fourth-order valence-corrected chi connectivity index (χ4v) is 3.63. The minimum absolute atomic E-state index is 0.0168. The zero-order chi connectivity index (χ0) is 25.1. The third-order valence-corrected chi connectivity index (χ3v) is 5.62. The highest BCUT2D eigenvalue weighted by Crippen LogP contribution is 2.31. The first-order valence-electron chi connectivity index (χ1n) is 10.8. The molecule has 0 spiro atoms. The molecule has 0 aliphatic carbocycles. The second-order valence-electron chi connectivity index (χ2n) is 7.70. The predicted octanol–water partition coefficient (Wildman–Crippen LogP) is 7.37. The van der Waals surface area contributed by atoms with Crippen LogP contribution in [0.15, 0.2) is 72.8 Å². The summed E-state index contributed by atoms with van der Waals surface area (Å²) in [5.74, 6) is -5.99. The molecule has 0 aromatic heterocycles. The molecule has 0 heterocycles. The van der Waals surface area contributed by atoms with Crippen molar-refractivity contribution in [1.82, 2.24) is 0 Å². The first-order valence-corrected chi connectivity index (χ1v) is 10.8. The predicted molar refractivity (Wildman–Crippen MR) is 124 cm³/mol. The lowest BCUT2D eigenvalue weighted by molar-refractivity contribution is 0.0728. The number of hydrogen-bond acceptors (Lipinski definition) is 3. The molecule has 0 saturated heterocycles. The summed E-state index contributed by atoms with van der Waals surface area (Å²) in [5, 5.41) is 0. The van der Waals surface area contributed by atoms with Crippen LogP contribution < -0.4 is 9.47 Å². The van der Waals surface area contributed by atoms with Gasteiger partial charge in [0.1, 0.15) is 5.75 Å². The molecule has 0 radical (unpaired) electrons. The van der Waals surface area contributed by atoms with E-state index < -0.39 is 34.8 Å². The summed E-state index contributed by atoms with van der Waals surface area (Å²) < 4.78 is 67.7. The standard InChI is InChI=1S/C28H20F4O3/c1-3-16-4-6-17(7-5-16)20-12-13-22(26(31)24(20)29)28(33)35-19-10-8-18(9-11-19)21-14-15-23(34-2)27(32)25(21)30/h4-15H,3H2,1-2H3. The molecule has 4 aromatic carbocycles. The van der Waals surface area contributed by atoms with Gasteiger partial charge in [0.25, 0.3) is 0 Å². The monoisotopic (exact) mass is 480 g/mol. The number of ether oxygens (including phenoxy) is 2.